The van der Waals surface area contributed by atoms with Crippen LogP contribution in [0.1, 0.15) is 23.2 Å². The van der Waals surface area contributed by atoms with E-state index in [4.69, 9.17) is 4.74 Å². The molecule has 4 rings (SSSR count). The summed E-state index contributed by atoms with van der Waals surface area (Å²) in [5.74, 6) is 0.597. The van der Waals surface area contributed by atoms with Crippen LogP contribution in [-0.2, 0) is 6.54 Å². The lowest BCUT2D eigenvalue weighted by Gasteiger charge is -2.15. The van der Waals surface area contributed by atoms with E-state index in [-0.39, 0.29) is 17.7 Å². The highest BCUT2D eigenvalue weighted by Gasteiger charge is 2.19. The number of hydrogen-bond acceptors (Lipinski definition) is 5. The maximum atomic E-state index is 14.2. The number of fused-ring (bicyclic) bond motifs is 1. The summed E-state index contributed by atoms with van der Waals surface area (Å²) in [4.78, 5) is 4.15. The number of ether oxygens (including phenoxy) is 1. The second kappa shape index (κ2) is 8.02. The van der Waals surface area contributed by atoms with Gasteiger partial charge in [-0.3, -0.25) is 9.38 Å². The second-order valence-electron chi connectivity index (χ2n) is 6.64. The highest BCUT2D eigenvalue weighted by atomic mass is 19.3. The third-order valence-electron chi connectivity index (χ3n) is 4.80. The number of aromatic nitrogens is 4. The molecular weight excluding hydrogens is 395 g/mol. The molecule has 0 fully saturated rings. The van der Waals surface area contributed by atoms with E-state index in [0.717, 1.165) is 0 Å². The molecule has 4 aromatic rings. The fraction of sp³-hybridized carbons (Fsp3) is 0.190. The van der Waals surface area contributed by atoms with E-state index >= 15 is 0 Å². The molecule has 0 spiro atoms. The van der Waals surface area contributed by atoms with Gasteiger partial charge >= 0.3 is 0 Å². The van der Waals surface area contributed by atoms with Crippen LogP contribution in [-0.4, -0.2) is 26.7 Å². The Hall–Kier alpha value is -3.62. The van der Waals surface area contributed by atoms with Gasteiger partial charge in [0.15, 0.2) is 5.65 Å². The van der Waals surface area contributed by atoms with E-state index in [9.17, 15) is 13.2 Å². The van der Waals surface area contributed by atoms with Crippen molar-refractivity contribution in [2.24, 2.45) is 0 Å². The van der Waals surface area contributed by atoms with Gasteiger partial charge in [0.1, 0.15) is 23.7 Å². The Kier molecular flexibility index (Phi) is 5.26. The molecule has 0 unspecified atom stereocenters. The first-order valence-electron chi connectivity index (χ1n) is 9.12. The molecule has 3 heterocycles. The number of pyridine rings is 2. The number of benzene rings is 1. The van der Waals surface area contributed by atoms with Crippen LogP contribution in [0, 0.1) is 12.7 Å². The molecule has 154 valence electrons. The first-order valence-corrected chi connectivity index (χ1v) is 9.12. The quantitative estimate of drug-likeness (QED) is 0.492. The molecule has 0 radical (unpaired) electrons. The Labute approximate surface area is 170 Å². The minimum atomic E-state index is -2.66. The van der Waals surface area contributed by atoms with Gasteiger partial charge in [-0.2, -0.15) is 0 Å². The maximum absolute atomic E-state index is 14.2. The summed E-state index contributed by atoms with van der Waals surface area (Å²) in [5.41, 5.74) is 1.90. The molecule has 0 atom stereocenters. The number of anilines is 1. The standard InChI is InChI=1S/C21H18F3N5O/c1-12-8-14(20(23)24)15(9-25-12)13-6-7-19(29-11-27-28-21(13)29)26-10-16-17(22)4-3-5-18(16)30-2/h3-9,11,20,26H,10H2,1-2H3. The number of methoxy groups -OCH3 is 1. The van der Waals surface area contributed by atoms with Crippen molar-refractivity contribution in [1.29, 1.82) is 0 Å². The van der Waals surface area contributed by atoms with E-state index in [2.05, 4.69) is 20.5 Å². The summed E-state index contributed by atoms with van der Waals surface area (Å²) in [6.45, 7) is 1.81. The fourth-order valence-corrected chi connectivity index (χ4v) is 3.33. The lowest BCUT2D eigenvalue weighted by atomic mass is 10.0. The number of rotatable bonds is 6. The number of alkyl halides is 2. The van der Waals surface area contributed by atoms with Crippen molar-refractivity contribution in [3.63, 3.8) is 0 Å². The van der Waals surface area contributed by atoms with Gasteiger partial charge in [0, 0.05) is 40.7 Å². The molecule has 0 saturated heterocycles. The van der Waals surface area contributed by atoms with E-state index in [1.807, 2.05) is 0 Å². The summed E-state index contributed by atoms with van der Waals surface area (Å²) in [6, 6.07) is 9.34. The monoisotopic (exact) mass is 413 g/mol. The lowest BCUT2D eigenvalue weighted by molar-refractivity contribution is 0.152. The zero-order valence-corrected chi connectivity index (χ0v) is 16.2. The number of aryl methyl sites for hydroxylation is 1. The Morgan fingerprint density at radius 3 is 2.77 bits per heavy atom. The molecule has 0 bridgehead atoms. The maximum Gasteiger partial charge on any atom is 0.264 e. The Morgan fingerprint density at radius 2 is 2.00 bits per heavy atom. The van der Waals surface area contributed by atoms with Gasteiger partial charge in [0.25, 0.3) is 6.43 Å². The SMILES string of the molecule is COc1cccc(F)c1CNc1ccc(-c2cnc(C)cc2C(F)F)c2nncn12. The van der Waals surface area contributed by atoms with Crippen molar-refractivity contribution in [1.82, 2.24) is 19.6 Å². The molecule has 30 heavy (non-hydrogen) atoms. The predicted octanol–water partition coefficient (Wildman–Crippen LogP) is 4.80. The zero-order valence-electron chi connectivity index (χ0n) is 16.2. The van der Waals surface area contributed by atoms with Crippen molar-refractivity contribution in [2.75, 3.05) is 12.4 Å². The largest absolute Gasteiger partial charge is 0.496 e. The van der Waals surface area contributed by atoms with Crippen LogP contribution in [0.25, 0.3) is 16.8 Å². The van der Waals surface area contributed by atoms with Crippen molar-refractivity contribution in [2.45, 2.75) is 19.9 Å². The van der Waals surface area contributed by atoms with Gasteiger partial charge in [-0.15, -0.1) is 10.2 Å². The van der Waals surface area contributed by atoms with Crippen LogP contribution >= 0.6 is 0 Å². The number of nitrogens with one attached hydrogen (secondary N) is 1. The van der Waals surface area contributed by atoms with Gasteiger partial charge in [-0.05, 0) is 37.3 Å². The van der Waals surface area contributed by atoms with Gasteiger partial charge in [0.2, 0.25) is 0 Å². The van der Waals surface area contributed by atoms with E-state index in [1.54, 1.807) is 35.6 Å². The summed E-state index contributed by atoms with van der Waals surface area (Å²) >= 11 is 0. The van der Waals surface area contributed by atoms with E-state index in [0.29, 0.717) is 34.0 Å². The Balaban J connectivity index is 1.73. The van der Waals surface area contributed by atoms with Crippen LogP contribution in [0.5, 0.6) is 5.75 Å². The molecule has 9 heteroatoms. The van der Waals surface area contributed by atoms with Crippen LogP contribution < -0.4 is 10.1 Å². The van der Waals surface area contributed by atoms with Crippen molar-refractivity contribution >= 4 is 11.5 Å². The summed E-state index contributed by atoms with van der Waals surface area (Å²) in [5, 5.41) is 11.1. The van der Waals surface area contributed by atoms with Crippen LogP contribution in [0.15, 0.2) is 48.9 Å². The van der Waals surface area contributed by atoms with Crippen molar-refractivity contribution in [3.05, 3.63) is 71.6 Å². The number of halogens is 3. The molecule has 0 aliphatic heterocycles. The minimum absolute atomic E-state index is 0.121. The summed E-state index contributed by atoms with van der Waals surface area (Å²) in [7, 11) is 1.47. The second-order valence-corrected chi connectivity index (χ2v) is 6.64. The van der Waals surface area contributed by atoms with Crippen LogP contribution in [0.3, 0.4) is 0 Å². The fourth-order valence-electron chi connectivity index (χ4n) is 3.33. The lowest BCUT2D eigenvalue weighted by Crippen LogP contribution is -2.07. The molecule has 0 aliphatic carbocycles. The van der Waals surface area contributed by atoms with Crippen LogP contribution in [0.2, 0.25) is 0 Å². The van der Waals surface area contributed by atoms with E-state index < -0.39 is 12.2 Å². The van der Waals surface area contributed by atoms with Gasteiger partial charge in [0.05, 0.1) is 7.11 Å². The molecule has 0 aliphatic rings. The van der Waals surface area contributed by atoms with Crippen molar-refractivity contribution in [3.8, 4) is 16.9 Å². The number of nitrogens with zero attached hydrogens (tertiary/aromatic N) is 4. The summed E-state index contributed by atoms with van der Waals surface area (Å²) < 4.78 is 48.2. The predicted molar refractivity (Wildman–Crippen MR) is 106 cm³/mol. The van der Waals surface area contributed by atoms with Crippen LogP contribution in [0.4, 0.5) is 19.0 Å². The topological polar surface area (TPSA) is 64.3 Å². The average molecular weight is 413 g/mol. The third kappa shape index (κ3) is 3.54. The smallest absolute Gasteiger partial charge is 0.264 e. The Morgan fingerprint density at radius 1 is 1.17 bits per heavy atom. The third-order valence-corrected chi connectivity index (χ3v) is 4.80. The highest BCUT2D eigenvalue weighted by Crippen LogP contribution is 2.34. The number of hydrogen-bond donors (Lipinski definition) is 1. The normalized spacial score (nSPS) is 11.3. The first kappa shape index (κ1) is 19.7. The summed E-state index contributed by atoms with van der Waals surface area (Å²) in [6.07, 6.45) is 0.220. The molecule has 1 aromatic carbocycles. The molecular formula is C21H18F3N5O. The van der Waals surface area contributed by atoms with E-state index in [1.165, 1.54) is 31.8 Å². The van der Waals surface area contributed by atoms with Crippen molar-refractivity contribution < 1.29 is 17.9 Å². The van der Waals surface area contributed by atoms with Gasteiger partial charge in [-0.1, -0.05) is 6.07 Å². The molecule has 3 aromatic heterocycles. The molecule has 6 nitrogen and oxygen atoms in total. The van der Waals surface area contributed by atoms with Gasteiger partial charge in [-0.25, -0.2) is 13.2 Å². The average Bonchev–Trinajstić information content (AvgIpc) is 3.23. The molecule has 0 amide bonds. The van der Waals surface area contributed by atoms with Gasteiger partial charge < -0.3 is 10.1 Å². The zero-order chi connectivity index (χ0) is 21.3. The minimum Gasteiger partial charge on any atom is -0.496 e. The Bertz CT molecular complexity index is 1210. The first-order chi connectivity index (χ1) is 14.5. The molecule has 0 saturated carbocycles. The highest BCUT2D eigenvalue weighted by molar-refractivity contribution is 5.80. The molecule has 1 N–H and O–H groups in total.